The second-order valence-electron chi connectivity index (χ2n) is 5.09. The van der Waals surface area contributed by atoms with Crippen molar-refractivity contribution in [1.82, 2.24) is 19.5 Å². The van der Waals surface area contributed by atoms with Gasteiger partial charge in [0, 0.05) is 4.90 Å². The number of rotatable bonds is 4. The van der Waals surface area contributed by atoms with E-state index < -0.39 is 0 Å². The Labute approximate surface area is 137 Å². The Kier molecular flexibility index (Phi) is 3.59. The lowest BCUT2D eigenvalue weighted by Gasteiger charge is -2.05. The molecule has 1 aromatic carbocycles. The summed E-state index contributed by atoms with van der Waals surface area (Å²) in [5.74, 6) is 0.701. The van der Waals surface area contributed by atoms with Crippen LogP contribution in [-0.4, -0.2) is 25.8 Å². The molecule has 5 nitrogen and oxygen atoms in total. The predicted octanol–water partition coefficient (Wildman–Crippen LogP) is 3.86. The van der Waals surface area contributed by atoms with Gasteiger partial charge in [-0.3, -0.25) is 0 Å². The zero-order valence-electron chi connectivity index (χ0n) is 12.5. The van der Waals surface area contributed by atoms with Crippen LogP contribution in [0, 0.1) is 0 Å². The highest BCUT2D eigenvalue weighted by Gasteiger charge is 2.13. The molecule has 3 heterocycles. The molecule has 0 bridgehead atoms. The Balaban J connectivity index is 1.72. The van der Waals surface area contributed by atoms with E-state index in [9.17, 15) is 0 Å². The molecule has 0 amide bonds. The second kappa shape index (κ2) is 5.89. The molecule has 6 heteroatoms. The lowest BCUT2D eigenvalue weighted by Crippen LogP contribution is -1.99. The summed E-state index contributed by atoms with van der Waals surface area (Å²) in [6.45, 7) is 0.722. The van der Waals surface area contributed by atoms with E-state index >= 15 is 0 Å². The summed E-state index contributed by atoms with van der Waals surface area (Å²) in [6.07, 6.45) is 7.06. The molecule has 114 valence electrons. The first kappa shape index (κ1) is 14.0. The highest BCUT2D eigenvalue weighted by Crippen LogP contribution is 2.25. The molecule has 23 heavy (non-hydrogen) atoms. The van der Waals surface area contributed by atoms with E-state index in [2.05, 4.69) is 45.5 Å². The highest BCUT2D eigenvalue weighted by atomic mass is 32.2. The Morgan fingerprint density at radius 2 is 1.96 bits per heavy atom. The van der Waals surface area contributed by atoms with Gasteiger partial charge in [-0.25, -0.2) is 15.0 Å². The average molecular weight is 322 g/mol. The van der Waals surface area contributed by atoms with Gasteiger partial charge in [0.1, 0.15) is 17.5 Å². The number of fused-ring (bicyclic) bond motifs is 1. The molecule has 0 aliphatic carbocycles. The van der Waals surface area contributed by atoms with Gasteiger partial charge in [-0.15, -0.1) is 11.8 Å². The van der Waals surface area contributed by atoms with Gasteiger partial charge in [0.25, 0.3) is 0 Å². The molecule has 0 saturated heterocycles. The normalized spacial score (nSPS) is 11.2. The third kappa shape index (κ3) is 2.61. The van der Waals surface area contributed by atoms with Crippen LogP contribution >= 0.6 is 11.8 Å². The number of furan rings is 1. The van der Waals surface area contributed by atoms with Gasteiger partial charge in [-0.1, -0.05) is 12.1 Å². The van der Waals surface area contributed by atoms with E-state index in [1.165, 1.54) is 10.5 Å². The van der Waals surface area contributed by atoms with Crippen molar-refractivity contribution in [2.75, 3.05) is 6.26 Å². The van der Waals surface area contributed by atoms with Crippen molar-refractivity contribution in [2.45, 2.75) is 11.4 Å². The fraction of sp³-hybridized carbons (Fsp3) is 0.118. The summed E-state index contributed by atoms with van der Waals surface area (Å²) in [5, 5.41) is 0. The van der Waals surface area contributed by atoms with Crippen LogP contribution in [0.2, 0.25) is 0 Å². The minimum absolute atomic E-state index is 0.701. The summed E-state index contributed by atoms with van der Waals surface area (Å²) < 4.78 is 7.46. The van der Waals surface area contributed by atoms with Crippen LogP contribution in [0.3, 0.4) is 0 Å². The number of aromatic nitrogens is 4. The monoisotopic (exact) mass is 322 g/mol. The molecule has 0 aliphatic heterocycles. The van der Waals surface area contributed by atoms with Crippen LogP contribution in [0.1, 0.15) is 5.56 Å². The van der Waals surface area contributed by atoms with Gasteiger partial charge < -0.3 is 8.98 Å². The molecule has 4 rings (SSSR count). The minimum Gasteiger partial charge on any atom is -0.463 e. The molecule has 0 saturated carbocycles. The Hall–Kier alpha value is -2.60. The van der Waals surface area contributed by atoms with Crippen LogP contribution in [0.25, 0.3) is 22.6 Å². The number of nitrogens with zero attached hydrogens (tertiary/aromatic N) is 4. The van der Waals surface area contributed by atoms with Crippen molar-refractivity contribution >= 4 is 22.9 Å². The van der Waals surface area contributed by atoms with Crippen molar-refractivity contribution in [2.24, 2.45) is 0 Å². The molecule has 3 aromatic heterocycles. The molecule has 0 N–H and O–H groups in total. The SMILES string of the molecule is CSc1ccc(Cn2cnc3c(-c4ccco4)ncnc32)cc1. The fourth-order valence-corrected chi connectivity index (χ4v) is 2.93. The Bertz CT molecular complexity index is 929. The molecular weight excluding hydrogens is 308 g/mol. The predicted molar refractivity (Wildman–Crippen MR) is 90.4 cm³/mol. The number of imidazole rings is 1. The smallest absolute Gasteiger partial charge is 0.164 e. The summed E-state index contributed by atoms with van der Waals surface area (Å²) in [4.78, 5) is 14.4. The van der Waals surface area contributed by atoms with Crippen molar-refractivity contribution in [3.63, 3.8) is 0 Å². The molecule has 0 aliphatic rings. The van der Waals surface area contributed by atoms with Crippen molar-refractivity contribution in [3.8, 4) is 11.5 Å². The maximum atomic E-state index is 5.44. The number of hydrogen-bond donors (Lipinski definition) is 0. The van der Waals surface area contributed by atoms with Gasteiger partial charge >= 0.3 is 0 Å². The lowest BCUT2D eigenvalue weighted by atomic mass is 10.2. The number of benzene rings is 1. The van der Waals surface area contributed by atoms with Crippen LogP contribution in [-0.2, 0) is 6.54 Å². The van der Waals surface area contributed by atoms with Crippen LogP contribution in [0.15, 0.2) is 64.6 Å². The fourth-order valence-electron chi connectivity index (χ4n) is 2.52. The van der Waals surface area contributed by atoms with Crippen LogP contribution in [0.4, 0.5) is 0 Å². The van der Waals surface area contributed by atoms with E-state index in [0.717, 1.165) is 23.4 Å². The summed E-state index contributed by atoms with van der Waals surface area (Å²) >= 11 is 1.74. The lowest BCUT2D eigenvalue weighted by molar-refractivity contribution is 0.580. The van der Waals surface area contributed by atoms with Crippen molar-refractivity contribution in [3.05, 3.63) is 60.9 Å². The largest absolute Gasteiger partial charge is 0.463 e. The maximum absolute atomic E-state index is 5.44. The summed E-state index contributed by atoms with van der Waals surface area (Å²) in [5.41, 5.74) is 3.49. The topological polar surface area (TPSA) is 56.7 Å². The van der Waals surface area contributed by atoms with E-state index in [1.54, 1.807) is 30.7 Å². The third-order valence-electron chi connectivity index (χ3n) is 3.67. The van der Waals surface area contributed by atoms with E-state index in [4.69, 9.17) is 4.42 Å². The highest BCUT2D eigenvalue weighted by molar-refractivity contribution is 7.98. The van der Waals surface area contributed by atoms with Gasteiger partial charge in [-0.05, 0) is 36.1 Å². The maximum Gasteiger partial charge on any atom is 0.164 e. The Morgan fingerprint density at radius 3 is 2.70 bits per heavy atom. The van der Waals surface area contributed by atoms with E-state index in [1.807, 2.05) is 16.7 Å². The first-order chi connectivity index (χ1) is 11.3. The minimum atomic E-state index is 0.701. The molecule has 0 spiro atoms. The summed E-state index contributed by atoms with van der Waals surface area (Å²) in [6, 6.07) is 12.2. The van der Waals surface area contributed by atoms with E-state index in [-0.39, 0.29) is 0 Å². The number of thioether (sulfide) groups is 1. The van der Waals surface area contributed by atoms with Crippen molar-refractivity contribution < 1.29 is 4.42 Å². The molecule has 0 unspecified atom stereocenters. The van der Waals surface area contributed by atoms with Gasteiger partial charge in [-0.2, -0.15) is 0 Å². The zero-order chi connectivity index (χ0) is 15.6. The second-order valence-corrected chi connectivity index (χ2v) is 5.97. The van der Waals surface area contributed by atoms with Gasteiger partial charge in [0.2, 0.25) is 0 Å². The van der Waals surface area contributed by atoms with Crippen LogP contribution < -0.4 is 0 Å². The zero-order valence-corrected chi connectivity index (χ0v) is 13.3. The molecular formula is C17H14N4OS. The quantitative estimate of drug-likeness (QED) is 0.534. The molecule has 4 aromatic rings. The standard InChI is InChI=1S/C17H14N4OS/c1-23-13-6-4-12(5-7-13)9-21-11-20-16-15(14-3-2-8-22-14)18-10-19-17(16)21/h2-8,10-11H,9H2,1H3. The molecule has 0 radical (unpaired) electrons. The van der Waals surface area contributed by atoms with Gasteiger partial charge in [0.05, 0.1) is 19.1 Å². The summed E-state index contributed by atoms with van der Waals surface area (Å²) in [7, 11) is 0. The Morgan fingerprint density at radius 1 is 1.09 bits per heavy atom. The average Bonchev–Trinajstić information content (AvgIpc) is 3.26. The number of hydrogen-bond acceptors (Lipinski definition) is 5. The first-order valence-corrected chi connectivity index (χ1v) is 8.40. The van der Waals surface area contributed by atoms with Gasteiger partial charge in [0.15, 0.2) is 11.4 Å². The first-order valence-electron chi connectivity index (χ1n) is 7.18. The third-order valence-corrected chi connectivity index (χ3v) is 4.41. The van der Waals surface area contributed by atoms with E-state index in [0.29, 0.717) is 5.76 Å². The molecule has 0 atom stereocenters. The van der Waals surface area contributed by atoms with Crippen molar-refractivity contribution in [1.29, 1.82) is 0 Å². The molecule has 0 fully saturated rings. The van der Waals surface area contributed by atoms with Crippen LogP contribution in [0.5, 0.6) is 0 Å².